The highest BCUT2D eigenvalue weighted by Crippen LogP contribution is 2.17. The minimum absolute atomic E-state index is 0.146. The van der Waals surface area contributed by atoms with Crippen molar-refractivity contribution >= 4 is 17.9 Å². The first-order valence-electron chi connectivity index (χ1n) is 33.2. The van der Waals surface area contributed by atoms with Gasteiger partial charge in [0.1, 0.15) is 13.2 Å². The summed E-state index contributed by atoms with van der Waals surface area (Å²) in [4.78, 5) is 37.3. The zero-order chi connectivity index (χ0) is 58.3. The van der Waals surface area contributed by atoms with E-state index in [2.05, 4.69) is 98.9 Å². The molecule has 0 amide bonds. The quantitative estimate of drug-likeness (QED) is 0.0195. The fourth-order valence-electron chi connectivity index (χ4n) is 9.30. The topological polar surface area (TPSA) is 111 Å². The third-order valence-corrected chi connectivity index (χ3v) is 14.4. The van der Waals surface area contributed by atoms with Gasteiger partial charge in [-0.15, -0.1) is 0 Å². The van der Waals surface area contributed by atoms with Crippen LogP contribution in [0.4, 0.5) is 0 Å². The number of hydrogen-bond acceptors (Lipinski definition) is 8. The van der Waals surface area contributed by atoms with E-state index in [4.69, 9.17) is 18.9 Å². The Morgan fingerprint density at radius 1 is 0.388 bits per heavy atom. The average molecular weight is 1120 g/mol. The van der Waals surface area contributed by atoms with Crippen LogP contribution in [-0.4, -0.2) is 82.3 Å². The Labute approximate surface area is 493 Å². The normalized spacial score (nSPS) is 13.3. The molecule has 0 aliphatic rings. The van der Waals surface area contributed by atoms with Crippen LogP contribution in [0.1, 0.15) is 290 Å². The zero-order valence-corrected chi connectivity index (χ0v) is 52.7. The molecule has 0 saturated heterocycles. The first-order valence-corrected chi connectivity index (χ1v) is 33.2. The molecule has 80 heavy (non-hydrogen) atoms. The van der Waals surface area contributed by atoms with Gasteiger partial charge in [-0.3, -0.25) is 9.59 Å². The summed E-state index contributed by atoms with van der Waals surface area (Å²) in [5.74, 6) is -2.28. The molecule has 0 N–H and O–H groups in total. The van der Waals surface area contributed by atoms with E-state index in [0.29, 0.717) is 17.4 Å². The molecule has 0 saturated carbocycles. The SMILES string of the molecule is CC/C=C\C/C=C\C/C=C\C/C=C\C/C=C\C/C=C\CCCCCCCCCCCCCCCCCCCCCCC(=O)OC(COC(=O)CCCCCCC/C=C\CCCCCCCCC)COC(OCC[N+](C)(C)C)C(=O)[O-]. The summed E-state index contributed by atoms with van der Waals surface area (Å²) in [6.07, 6.45) is 79.5. The Balaban J connectivity index is 4.02. The summed E-state index contributed by atoms with van der Waals surface area (Å²) in [6.45, 7) is 4.65. The van der Waals surface area contributed by atoms with E-state index in [1.54, 1.807) is 0 Å². The number of likely N-dealkylation sites (N-methyl/N-ethyl adjacent to an activating group) is 1. The fourth-order valence-corrected chi connectivity index (χ4v) is 9.30. The third-order valence-electron chi connectivity index (χ3n) is 14.4. The van der Waals surface area contributed by atoms with Gasteiger partial charge in [-0.1, -0.05) is 272 Å². The summed E-state index contributed by atoms with van der Waals surface area (Å²) in [5, 5.41) is 11.8. The van der Waals surface area contributed by atoms with Crippen LogP contribution in [0.15, 0.2) is 85.1 Å². The number of unbranched alkanes of at least 4 members (excludes halogenated alkanes) is 32. The molecular formula is C71H125NO8. The van der Waals surface area contributed by atoms with Gasteiger partial charge in [0.15, 0.2) is 12.4 Å². The summed E-state index contributed by atoms with van der Waals surface area (Å²) < 4.78 is 22.7. The van der Waals surface area contributed by atoms with E-state index in [1.807, 2.05) is 21.1 Å². The number of ether oxygens (including phenoxy) is 4. The molecule has 0 aliphatic heterocycles. The molecule has 0 bridgehead atoms. The summed E-state index contributed by atoms with van der Waals surface area (Å²) in [5.41, 5.74) is 0. The van der Waals surface area contributed by atoms with Gasteiger partial charge in [-0.25, -0.2) is 0 Å². The molecule has 0 spiro atoms. The summed E-state index contributed by atoms with van der Waals surface area (Å²) in [7, 11) is 5.93. The molecule has 2 unspecified atom stereocenters. The second-order valence-corrected chi connectivity index (χ2v) is 23.4. The Hall–Kier alpha value is -3.53. The molecule has 462 valence electrons. The van der Waals surface area contributed by atoms with Crippen LogP contribution < -0.4 is 5.11 Å². The monoisotopic (exact) mass is 1120 g/mol. The molecule has 0 aromatic heterocycles. The van der Waals surface area contributed by atoms with E-state index in [9.17, 15) is 19.5 Å². The lowest BCUT2D eigenvalue weighted by molar-refractivity contribution is -0.870. The number of allylic oxidation sites excluding steroid dienone is 14. The number of aliphatic carboxylic acids is 1. The van der Waals surface area contributed by atoms with Crippen LogP contribution in [0.25, 0.3) is 0 Å². The van der Waals surface area contributed by atoms with Crippen molar-refractivity contribution in [2.45, 2.75) is 302 Å². The van der Waals surface area contributed by atoms with Crippen molar-refractivity contribution < 1.29 is 42.9 Å². The van der Waals surface area contributed by atoms with Crippen molar-refractivity contribution in [1.82, 2.24) is 0 Å². The highest BCUT2D eigenvalue weighted by Gasteiger charge is 2.22. The minimum Gasteiger partial charge on any atom is -0.545 e. The van der Waals surface area contributed by atoms with Gasteiger partial charge in [0.05, 0.1) is 40.3 Å². The molecule has 9 nitrogen and oxygen atoms in total. The van der Waals surface area contributed by atoms with Crippen LogP contribution >= 0.6 is 0 Å². The average Bonchev–Trinajstić information content (AvgIpc) is 3.43. The maximum absolute atomic E-state index is 12.9. The molecule has 9 heteroatoms. The van der Waals surface area contributed by atoms with Gasteiger partial charge in [-0.05, 0) is 89.9 Å². The lowest BCUT2D eigenvalue weighted by Gasteiger charge is -2.26. The highest BCUT2D eigenvalue weighted by molar-refractivity contribution is 5.70. The van der Waals surface area contributed by atoms with E-state index < -0.39 is 24.3 Å². The largest absolute Gasteiger partial charge is 0.545 e. The standard InChI is InChI=1S/C71H125NO8/c1-6-8-10-12-14-16-18-20-22-24-25-26-27-28-29-30-31-32-33-34-35-36-37-38-39-40-41-42-43-44-45-46-48-50-52-54-56-58-60-62-69(74)80-67(66-79-71(70(75)76)77-64-63-72(3,4)5)65-78-68(73)61-59-57-55-53-51-49-47-23-21-19-17-15-13-11-9-7-2/h8,10,14,16,20,22-23,25-26,28-29,31-32,47,67,71H,6-7,9,11-13,15,17-19,21,24,27,30,33-46,48-66H2,1-5H3/b10-8-,16-14-,22-20-,26-25-,29-28-,32-31-,47-23-. The first-order chi connectivity index (χ1) is 39.1. The van der Waals surface area contributed by atoms with Crippen molar-refractivity contribution in [3.05, 3.63) is 85.1 Å². The lowest BCUT2D eigenvalue weighted by atomic mass is 10.0. The molecule has 2 atom stereocenters. The predicted molar refractivity (Wildman–Crippen MR) is 338 cm³/mol. The van der Waals surface area contributed by atoms with Crippen molar-refractivity contribution in [3.63, 3.8) is 0 Å². The molecule has 0 fully saturated rings. The van der Waals surface area contributed by atoms with Gasteiger partial charge in [-0.2, -0.15) is 0 Å². The maximum Gasteiger partial charge on any atom is 0.306 e. The Kier molecular flexibility index (Phi) is 58.8. The van der Waals surface area contributed by atoms with Gasteiger partial charge in [0.25, 0.3) is 0 Å². The van der Waals surface area contributed by atoms with E-state index in [0.717, 1.165) is 89.9 Å². The zero-order valence-electron chi connectivity index (χ0n) is 52.7. The highest BCUT2D eigenvalue weighted by atomic mass is 16.7. The number of quaternary nitrogens is 1. The van der Waals surface area contributed by atoms with Crippen LogP contribution in [0.5, 0.6) is 0 Å². The Morgan fingerprint density at radius 3 is 1.07 bits per heavy atom. The number of nitrogens with zero attached hydrogens (tertiary/aromatic N) is 1. The van der Waals surface area contributed by atoms with Gasteiger partial charge < -0.3 is 33.3 Å². The number of carbonyl (C=O) groups is 3. The van der Waals surface area contributed by atoms with Crippen LogP contribution in [0, 0.1) is 0 Å². The second-order valence-electron chi connectivity index (χ2n) is 23.4. The van der Waals surface area contributed by atoms with Crippen LogP contribution in [-0.2, 0) is 33.3 Å². The molecule has 0 aromatic carbocycles. The molecule has 0 aromatic rings. The number of rotatable bonds is 61. The third kappa shape index (κ3) is 62.1. The number of esters is 2. The van der Waals surface area contributed by atoms with Gasteiger partial charge >= 0.3 is 11.9 Å². The Morgan fingerprint density at radius 2 is 0.713 bits per heavy atom. The van der Waals surface area contributed by atoms with E-state index in [-0.39, 0.29) is 38.6 Å². The predicted octanol–water partition coefficient (Wildman–Crippen LogP) is 19.0. The molecule has 0 heterocycles. The first kappa shape index (κ1) is 76.5. The molecule has 0 rings (SSSR count). The van der Waals surface area contributed by atoms with Crippen molar-refractivity contribution in [1.29, 1.82) is 0 Å². The number of hydrogen-bond donors (Lipinski definition) is 0. The van der Waals surface area contributed by atoms with Crippen molar-refractivity contribution in [3.8, 4) is 0 Å². The smallest absolute Gasteiger partial charge is 0.306 e. The Bertz CT molecular complexity index is 1590. The maximum atomic E-state index is 12.9. The summed E-state index contributed by atoms with van der Waals surface area (Å²) >= 11 is 0. The molecule has 0 radical (unpaired) electrons. The van der Waals surface area contributed by atoms with Crippen molar-refractivity contribution in [2.24, 2.45) is 0 Å². The lowest BCUT2D eigenvalue weighted by Crippen LogP contribution is -2.44. The summed E-state index contributed by atoms with van der Waals surface area (Å²) in [6, 6.07) is 0. The number of carboxylic acid groups (broad SMARTS) is 1. The second kappa shape index (κ2) is 61.5. The molecule has 0 aliphatic carbocycles. The van der Waals surface area contributed by atoms with Crippen LogP contribution in [0.2, 0.25) is 0 Å². The van der Waals surface area contributed by atoms with Crippen molar-refractivity contribution in [2.75, 3.05) is 47.5 Å². The van der Waals surface area contributed by atoms with Crippen LogP contribution in [0.3, 0.4) is 0 Å². The van der Waals surface area contributed by atoms with E-state index in [1.165, 1.54) is 167 Å². The van der Waals surface area contributed by atoms with E-state index >= 15 is 0 Å². The minimum atomic E-state index is -1.62. The molecular weight excluding hydrogens is 995 g/mol. The fraction of sp³-hybridized carbons (Fsp3) is 0.761. The van der Waals surface area contributed by atoms with Gasteiger partial charge in [0.2, 0.25) is 0 Å². The van der Waals surface area contributed by atoms with Gasteiger partial charge in [0, 0.05) is 12.8 Å². The number of carbonyl (C=O) groups excluding carboxylic acids is 3. The number of carboxylic acids is 1.